The van der Waals surface area contributed by atoms with Gasteiger partial charge >= 0.3 is 0 Å². The van der Waals surface area contributed by atoms with E-state index in [4.69, 9.17) is 4.42 Å². The zero-order chi connectivity index (χ0) is 9.26. The lowest BCUT2D eigenvalue weighted by Crippen LogP contribution is -1.78. The number of carbonyl (C=O) groups excluding carboxylic acids is 1. The number of benzene rings is 1. The summed E-state index contributed by atoms with van der Waals surface area (Å²) >= 11 is 3.37. The van der Waals surface area contributed by atoms with Gasteiger partial charge < -0.3 is 9.21 Å². The van der Waals surface area contributed by atoms with Crippen LogP contribution < -0.4 is 0 Å². The molecule has 3 heteroatoms. The zero-order valence-electron chi connectivity index (χ0n) is 6.79. The molecule has 2 aromatic rings. The van der Waals surface area contributed by atoms with Crippen molar-refractivity contribution in [1.82, 2.24) is 0 Å². The van der Waals surface area contributed by atoms with Crippen molar-refractivity contribution in [3.05, 3.63) is 34.5 Å². The lowest BCUT2D eigenvalue weighted by Gasteiger charge is -1.87. The van der Waals surface area contributed by atoms with Crippen LogP contribution >= 0.6 is 15.9 Å². The quantitative estimate of drug-likeness (QED) is 0.754. The second kappa shape index (κ2) is 3.34. The van der Waals surface area contributed by atoms with Gasteiger partial charge in [0.15, 0.2) is 0 Å². The molecule has 13 heavy (non-hydrogen) atoms. The Labute approximate surface area is 83.7 Å². The molecule has 0 unspecified atom stereocenters. The molecule has 0 aliphatic rings. The second-order valence-corrected chi connectivity index (χ2v) is 3.68. The van der Waals surface area contributed by atoms with E-state index >= 15 is 0 Å². The SMILES string of the molecule is O=CCc1cc2cc(Br)ccc2o1. The van der Waals surface area contributed by atoms with Gasteiger partial charge in [-0.05, 0) is 24.3 Å². The maximum absolute atomic E-state index is 10.2. The molecule has 1 aromatic carbocycles. The molecule has 0 spiro atoms. The molecule has 0 atom stereocenters. The topological polar surface area (TPSA) is 30.2 Å². The number of rotatable bonds is 2. The first-order chi connectivity index (χ1) is 6.29. The molecule has 1 aromatic heterocycles. The fourth-order valence-corrected chi connectivity index (χ4v) is 1.63. The van der Waals surface area contributed by atoms with Crippen molar-refractivity contribution in [2.45, 2.75) is 6.42 Å². The highest BCUT2D eigenvalue weighted by Gasteiger charge is 2.02. The molecule has 0 fully saturated rings. The minimum atomic E-state index is 0.340. The van der Waals surface area contributed by atoms with Gasteiger partial charge in [-0.1, -0.05) is 15.9 Å². The Morgan fingerprint density at radius 3 is 3.00 bits per heavy atom. The standard InChI is InChI=1S/C10H7BrO2/c11-8-1-2-10-7(5-8)6-9(13-10)3-4-12/h1-2,4-6H,3H2. The first-order valence-electron chi connectivity index (χ1n) is 3.91. The monoisotopic (exact) mass is 238 g/mol. The molecule has 2 rings (SSSR count). The summed E-state index contributed by atoms with van der Waals surface area (Å²) < 4.78 is 6.42. The fourth-order valence-electron chi connectivity index (χ4n) is 1.25. The number of carbonyl (C=O) groups is 1. The van der Waals surface area contributed by atoms with Gasteiger partial charge in [0.05, 0.1) is 6.42 Å². The van der Waals surface area contributed by atoms with Crippen LogP contribution in [0.2, 0.25) is 0 Å². The molecule has 0 bridgehead atoms. The first kappa shape index (κ1) is 8.51. The Morgan fingerprint density at radius 1 is 1.38 bits per heavy atom. The number of furan rings is 1. The van der Waals surface area contributed by atoms with Crippen LogP contribution in [0.15, 0.2) is 33.2 Å². The highest BCUT2D eigenvalue weighted by atomic mass is 79.9. The summed E-state index contributed by atoms with van der Waals surface area (Å²) in [6.45, 7) is 0. The van der Waals surface area contributed by atoms with Crippen LogP contribution in [-0.4, -0.2) is 6.29 Å². The molecule has 0 amide bonds. The minimum absolute atomic E-state index is 0.340. The Balaban J connectivity index is 2.55. The smallest absolute Gasteiger partial charge is 0.134 e. The number of hydrogen-bond acceptors (Lipinski definition) is 2. The third-order valence-electron chi connectivity index (χ3n) is 1.81. The zero-order valence-corrected chi connectivity index (χ0v) is 8.37. The molecule has 2 nitrogen and oxygen atoms in total. The summed E-state index contributed by atoms with van der Waals surface area (Å²) in [5, 5.41) is 1.02. The molecule has 0 N–H and O–H groups in total. The van der Waals surface area contributed by atoms with E-state index in [1.807, 2.05) is 24.3 Å². The van der Waals surface area contributed by atoms with E-state index < -0.39 is 0 Å². The van der Waals surface area contributed by atoms with E-state index in [2.05, 4.69) is 15.9 Å². The van der Waals surface area contributed by atoms with E-state index in [0.717, 1.165) is 21.7 Å². The Morgan fingerprint density at radius 2 is 2.23 bits per heavy atom. The summed E-state index contributed by atoms with van der Waals surface area (Å²) in [6, 6.07) is 7.64. The van der Waals surface area contributed by atoms with E-state index in [1.54, 1.807) is 0 Å². The van der Waals surface area contributed by atoms with Gasteiger partial charge in [-0.15, -0.1) is 0 Å². The van der Waals surface area contributed by atoms with Crippen LogP contribution in [0, 0.1) is 0 Å². The number of fused-ring (bicyclic) bond motifs is 1. The predicted octanol–water partition coefficient (Wildman–Crippen LogP) is 2.94. The number of halogens is 1. The van der Waals surface area contributed by atoms with Gasteiger partial charge in [0.1, 0.15) is 17.6 Å². The van der Waals surface area contributed by atoms with Crippen molar-refractivity contribution < 1.29 is 9.21 Å². The maximum atomic E-state index is 10.2. The molecular weight excluding hydrogens is 232 g/mol. The normalized spacial score (nSPS) is 10.5. The third-order valence-corrected chi connectivity index (χ3v) is 2.31. The van der Waals surface area contributed by atoms with E-state index in [-0.39, 0.29) is 0 Å². The summed E-state index contributed by atoms with van der Waals surface area (Å²) in [4.78, 5) is 10.2. The van der Waals surface area contributed by atoms with Crippen LogP contribution in [0.1, 0.15) is 5.76 Å². The van der Waals surface area contributed by atoms with Gasteiger partial charge in [-0.2, -0.15) is 0 Å². The third kappa shape index (κ3) is 1.65. The van der Waals surface area contributed by atoms with Crippen molar-refractivity contribution in [3.8, 4) is 0 Å². The van der Waals surface area contributed by atoms with Crippen LogP contribution in [0.3, 0.4) is 0 Å². The van der Waals surface area contributed by atoms with Crippen LogP contribution in [0.25, 0.3) is 11.0 Å². The molecule has 1 heterocycles. The molecule has 0 saturated carbocycles. The highest BCUT2D eigenvalue weighted by Crippen LogP contribution is 2.23. The van der Waals surface area contributed by atoms with Crippen molar-refractivity contribution >= 4 is 33.2 Å². The van der Waals surface area contributed by atoms with Gasteiger partial charge in [-0.3, -0.25) is 0 Å². The van der Waals surface area contributed by atoms with Crippen LogP contribution in [-0.2, 0) is 11.2 Å². The van der Waals surface area contributed by atoms with Crippen molar-refractivity contribution in [2.24, 2.45) is 0 Å². The Bertz CT molecular complexity index is 445. The second-order valence-electron chi connectivity index (χ2n) is 2.77. The first-order valence-corrected chi connectivity index (χ1v) is 4.70. The Hall–Kier alpha value is -1.09. The molecule has 0 aliphatic carbocycles. The Kier molecular flexibility index (Phi) is 2.19. The van der Waals surface area contributed by atoms with Gasteiger partial charge in [0.2, 0.25) is 0 Å². The minimum Gasteiger partial charge on any atom is -0.461 e. The van der Waals surface area contributed by atoms with Gasteiger partial charge in [0, 0.05) is 9.86 Å². The fraction of sp³-hybridized carbons (Fsp3) is 0.100. The lowest BCUT2D eigenvalue weighted by molar-refractivity contribution is -0.107. The molecular formula is C10H7BrO2. The molecule has 0 radical (unpaired) electrons. The van der Waals surface area contributed by atoms with E-state index in [1.165, 1.54) is 0 Å². The molecule has 0 aliphatic heterocycles. The maximum Gasteiger partial charge on any atom is 0.134 e. The highest BCUT2D eigenvalue weighted by molar-refractivity contribution is 9.10. The summed E-state index contributed by atoms with van der Waals surface area (Å²) in [7, 11) is 0. The summed E-state index contributed by atoms with van der Waals surface area (Å²) in [5.41, 5.74) is 0.819. The van der Waals surface area contributed by atoms with E-state index in [9.17, 15) is 4.79 Å². The van der Waals surface area contributed by atoms with Crippen LogP contribution in [0.5, 0.6) is 0 Å². The molecule has 66 valence electrons. The van der Waals surface area contributed by atoms with Gasteiger partial charge in [0.25, 0.3) is 0 Å². The largest absolute Gasteiger partial charge is 0.461 e. The lowest BCUT2D eigenvalue weighted by atomic mass is 10.2. The summed E-state index contributed by atoms with van der Waals surface area (Å²) in [6.07, 6.45) is 1.18. The number of hydrogen-bond donors (Lipinski definition) is 0. The average Bonchev–Trinajstić information content (AvgIpc) is 2.46. The predicted molar refractivity (Wildman–Crippen MR) is 53.7 cm³/mol. The van der Waals surface area contributed by atoms with Crippen molar-refractivity contribution in [2.75, 3.05) is 0 Å². The number of aldehydes is 1. The summed E-state index contributed by atoms with van der Waals surface area (Å²) in [5.74, 6) is 0.711. The van der Waals surface area contributed by atoms with Crippen LogP contribution in [0.4, 0.5) is 0 Å². The molecule has 0 saturated heterocycles. The van der Waals surface area contributed by atoms with Crippen molar-refractivity contribution in [1.29, 1.82) is 0 Å². The average molecular weight is 239 g/mol. The van der Waals surface area contributed by atoms with Crippen molar-refractivity contribution in [3.63, 3.8) is 0 Å². The van der Waals surface area contributed by atoms with Gasteiger partial charge in [-0.25, -0.2) is 0 Å². The van der Waals surface area contributed by atoms with E-state index in [0.29, 0.717) is 12.2 Å².